The Morgan fingerprint density at radius 1 is 1.14 bits per heavy atom. The van der Waals surface area contributed by atoms with E-state index in [1.54, 1.807) is 25.4 Å². The Hall–Kier alpha value is -1.83. The number of anilines is 1. The first kappa shape index (κ1) is 20.4. The number of pyridine rings is 1. The highest BCUT2D eigenvalue weighted by Gasteiger charge is 2.39. The third-order valence-corrected chi connectivity index (χ3v) is 8.72. The molecule has 0 atom stereocenters. The second kappa shape index (κ2) is 8.50. The van der Waals surface area contributed by atoms with Crippen molar-refractivity contribution in [2.45, 2.75) is 69.1 Å². The zero-order chi connectivity index (χ0) is 20.4. The van der Waals surface area contributed by atoms with Crippen LogP contribution in [0.25, 0.3) is 0 Å². The minimum atomic E-state index is -3.27. The van der Waals surface area contributed by atoms with E-state index in [9.17, 15) is 13.2 Å². The van der Waals surface area contributed by atoms with Gasteiger partial charge < -0.3 is 9.64 Å². The molecule has 0 N–H and O–H groups in total. The molecule has 29 heavy (non-hydrogen) atoms. The monoisotopic (exact) mass is 421 g/mol. The number of likely N-dealkylation sites (tertiary alicyclic amines) is 1. The molecule has 0 bridgehead atoms. The average molecular weight is 422 g/mol. The maximum Gasteiger partial charge on any atom is 0.237 e. The molecular formula is C21H31N3O4S. The fraction of sp³-hybridized carbons (Fsp3) is 0.714. The van der Waals surface area contributed by atoms with Crippen LogP contribution < -0.4 is 9.04 Å². The van der Waals surface area contributed by atoms with Gasteiger partial charge in [0.2, 0.25) is 21.8 Å². The van der Waals surface area contributed by atoms with Gasteiger partial charge in [-0.2, -0.15) is 0 Å². The van der Waals surface area contributed by atoms with Crippen molar-refractivity contribution in [3.05, 3.63) is 18.3 Å². The number of carbonyl (C=O) groups is 1. The number of rotatable bonds is 7. The smallest absolute Gasteiger partial charge is 0.237 e. The number of amides is 1. The number of hydrogen-bond acceptors (Lipinski definition) is 5. The van der Waals surface area contributed by atoms with E-state index in [4.69, 9.17) is 4.74 Å². The highest BCUT2D eigenvalue weighted by atomic mass is 32.2. The molecule has 1 amide bonds. The van der Waals surface area contributed by atoms with Crippen LogP contribution in [0.4, 0.5) is 5.69 Å². The van der Waals surface area contributed by atoms with Gasteiger partial charge >= 0.3 is 0 Å². The number of carbonyl (C=O) groups excluding carboxylic acids is 1. The summed E-state index contributed by atoms with van der Waals surface area (Å²) in [6.07, 6.45) is 10.3. The minimum Gasteiger partial charge on any atom is -0.474 e. The highest BCUT2D eigenvalue weighted by molar-refractivity contribution is 7.93. The molecule has 1 saturated heterocycles. The van der Waals surface area contributed by atoms with Crippen molar-refractivity contribution in [2.75, 3.05) is 24.4 Å². The average Bonchev–Trinajstić information content (AvgIpc) is 3.47. The molecule has 0 spiro atoms. The van der Waals surface area contributed by atoms with Gasteiger partial charge in [0.1, 0.15) is 6.10 Å². The number of aromatic nitrogens is 1. The summed E-state index contributed by atoms with van der Waals surface area (Å²) >= 11 is 0. The Kier molecular flexibility index (Phi) is 5.99. The summed E-state index contributed by atoms with van der Waals surface area (Å²) in [4.78, 5) is 18.8. The quantitative estimate of drug-likeness (QED) is 0.676. The number of piperidine rings is 1. The van der Waals surface area contributed by atoms with Crippen molar-refractivity contribution in [3.63, 3.8) is 0 Å². The van der Waals surface area contributed by atoms with Crippen molar-refractivity contribution in [2.24, 2.45) is 5.92 Å². The second-order valence-corrected chi connectivity index (χ2v) is 10.9. The summed E-state index contributed by atoms with van der Waals surface area (Å²) in [7, 11) is -1.69. The van der Waals surface area contributed by atoms with Crippen molar-refractivity contribution >= 4 is 21.6 Å². The molecule has 160 valence electrons. The van der Waals surface area contributed by atoms with Gasteiger partial charge in [-0.1, -0.05) is 12.8 Å². The van der Waals surface area contributed by atoms with E-state index in [2.05, 4.69) is 4.98 Å². The van der Waals surface area contributed by atoms with Crippen LogP contribution in [0.5, 0.6) is 5.88 Å². The lowest BCUT2D eigenvalue weighted by Gasteiger charge is -2.32. The SMILES string of the molecule is CN(c1ccc(OC2CCN(C(=O)CC3CCCC3)CC2)nc1)S(=O)(=O)C1CC1. The molecule has 0 aromatic carbocycles. The van der Waals surface area contributed by atoms with Crippen LogP contribution in [-0.2, 0) is 14.8 Å². The van der Waals surface area contributed by atoms with Gasteiger partial charge in [-0.25, -0.2) is 13.4 Å². The third kappa shape index (κ3) is 4.85. The van der Waals surface area contributed by atoms with E-state index in [1.165, 1.54) is 30.0 Å². The van der Waals surface area contributed by atoms with Crippen LogP contribution in [0.2, 0.25) is 0 Å². The fourth-order valence-corrected chi connectivity index (χ4v) is 5.93. The fourth-order valence-electron chi connectivity index (χ4n) is 4.35. The maximum absolute atomic E-state index is 12.5. The molecule has 1 aromatic heterocycles. The first-order valence-corrected chi connectivity index (χ1v) is 12.3. The van der Waals surface area contributed by atoms with Gasteiger partial charge in [-0.3, -0.25) is 9.10 Å². The van der Waals surface area contributed by atoms with E-state index in [0.717, 1.165) is 38.8 Å². The summed E-state index contributed by atoms with van der Waals surface area (Å²) in [6.45, 7) is 1.47. The Labute approximate surface area is 173 Å². The lowest BCUT2D eigenvalue weighted by molar-refractivity contribution is -0.134. The number of ether oxygens (including phenoxy) is 1. The molecule has 2 aliphatic carbocycles. The molecule has 2 heterocycles. The summed E-state index contributed by atoms with van der Waals surface area (Å²) in [5.74, 6) is 1.38. The zero-order valence-corrected chi connectivity index (χ0v) is 17.9. The molecule has 3 aliphatic rings. The lowest BCUT2D eigenvalue weighted by atomic mass is 10.0. The summed E-state index contributed by atoms with van der Waals surface area (Å²) in [6, 6.07) is 3.47. The van der Waals surface area contributed by atoms with E-state index < -0.39 is 10.0 Å². The Bertz CT molecular complexity index is 809. The van der Waals surface area contributed by atoms with Gasteiger partial charge in [0.15, 0.2) is 0 Å². The van der Waals surface area contributed by atoms with Gasteiger partial charge in [-0.15, -0.1) is 0 Å². The standard InChI is InChI=1S/C21H31N3O4S/c1-23(29(26,27)19-7-8-19)17-6-9-20(22-15-17)28-18-10-12-24(13-11-18)21(25)14-16-4-2-3-5-16/h6,9,15-16,18-19H,2-5,7-8,10-14H2,1H3. The van der Waals surface area contributed by atoms with Gasteiger partial charge in [-0.05, 0) is 37.7 Å². The van der Waals surface area contributed by atoms with Gasteiger partial charge in [0.05, 0.1) is 17.1 Å². The largest absolute Gasteiger partial charge is 0.474 e. The second-order valence-electron chi connectivity index (χ2n) is 8.62. The van der Waals surface area contributed by atoms with Gasteiger partial charge in [0.25, 0.3) is 0 Å². The molecule has 1 aliphatic heterocycles. The third-order valence-electron chi connectivity index (χ3n) is 6.43. The molecule has 1 aromatic rings. The Balaban J connectivity index is 1.25. The molecule has 2 saturated carbocycles. The topological polar surface area (TPSA) is 79.8 Å². The zero-order valence-electron chi connectivity index (χ0n) is 17.1. The molecule has 0 radical (unpaired) electrons. The predicted molar refractivity (Wildman–Crippen MR) is 111 cm³/mol. The lowest BCUT2D eigenvalue weighted by Crippen LogP contribution is -2.42. The van der Waals surface area contributed by atoms with Crippen LogP contribution in [0.15, 0.2) is 18.3 Å². The maximum atomic E-state index is 12.5. The van der Waals surface area contributed by atoms with E-state index in [1.807, 2.05) is 4.90 Å². The predicted octanol–water partition coefficient (Wildman–Crippen LogP) is 2.96. The molecular weight excluding hydrogens is 390 g/mol. The van der Waals surface area contributed by atoms with Crippen molar-refractivity contribution in [3.8, 4) is 5.88 Å². The first-order chi connectivity index (χ1) is 13.9. The van der Waals surface area contributed by atoms with Crippen LogP contribution >= 0.6 is 0 Å². The molecule has 8 heteroatoms. The van der Waals surface area contributed by atoms with Crippen LogP contribution in [0.3, 0.4) is 0 Å². The highest BCUT2D eigenvalue weighted by Crippen LogP contribution is 2.33. The normalized spacial score (nSPS) is 21.3. The molecule has 4 rings (SSSR count). The van der Waals surface area contributed by atoms with Crippen molar-refractivity contribution < 1.29 is 17.9 Å². The molecule has 7 nitrogen and oxygen atoms in total. The summed E-state index contributed by atoms with van der Waals surface area (Å²) in [5, 5.41) is -0.245. The Morgan fingerprint density at radius 3 is 2.41 bits per heavy atom. The number of hydrogen-bond donors (Lipinski definition) is 0. The van der Waals surface area contributed by atoms with Crippen LogP contribution in [-0.4, -0.2) is 55.7 Å². The molecule has 3 fully saturated rings. The first-order valence-electron chi connectivity index (χ1n) is 10.8. The van der Waals surface area contributed by atoms with Crippen molar-refractivity contribution in [1.82, 2.24) is 9.88 Å². The summed E-state index contributed by atoms with van der Waals surface area (Å²) in [5.41, 5.74) is 0.552. The Morgan fingerprint density at radius 2 is 1.83 bits per heavy atom. The van der Waals surface area contributed by atoms with E-state index in [0.29, 0.717) is 23.9 Å². The van der Waals surface area contributed by atoms with Crippen molar-refractivity contribution in [1.29, 1.82) is 0 Å². The number of nitrogens with zero attached hydrogens (tertiary/aromatic N) is 3. The minimum absolute atomic E-state index is 0.0387. The van der Waals surface area contributed by atoms with E-state index >= 15 is 0 Å². The van der Waals surface area contributed by atoms with Crippen LogP contribution in [0, 0.1) is 5.92 Å². The summed E-state index contributed by atoms with van der Waals surface area (Å²) < 4.78 is 31.9. The number of sulfonamides is 1. The van der Waals surface area contributed by atoms with Crippen LogP contribution in [0.1, 0.15) is 57.8 Å². The van der Waals surface area contributed by atoms with Gasteiger partial charge in [0, 0.05) is 45.5 Å². The molecule has 0 unspecified atom stereocenters. The van der Waals surface area contributed by atoms with E-state index in [-0.39, 0.29) is 17.3 Å².